The van der Waals surface area contributed by atoms with Crippen molar-refractivity contribution in [3.8, 4) is 0 Å². The molecule has 0 saturated carbocycles. The monoisotopic (exact) mass is 425 g/mol. The predicted molar refractivity (Wildman–Crippen MR) is 103 cm³/mol. The first kappa shape index (κ1) is 19.5. The molecule has 2 heterocycles. The molecule has 0 spiro atoms. The molecule has 25 heavy (non-hydrogen) atoms. The van der Waals surface area contributed by atoms with Gasteiger partial charge in [-0.25, -0.2) is 9.97 Å². The number of nitrogens with one attached hydrogen (secondary N) is 2. The maximum absolute atomic E-state index is 12.3. The summed E-state index contributed by atoms with van der Waals surface area (Å²) in [5.74, 6) is 0.0242. The van der Waals surface area contributed by atoms with Gasteiger partial charge in [-0.05, 0) is 55.9 Å². The van der Waals surface area contributed by atoms with Crippen LogP contribution in [0.2, 0.25) is 0 Å². The molecule has 0 bridgehead atoms. The first-order chi connectivity index (χ1) is 11.8. The Hall–Kier alpha value is -1.84. The van der Waals surface area contributed by atoms with Gasteiger partial charge in [0.15, 0.2) is 5.13 Å². The third kappa shape index (κ3) is 5.58. The Morgan fingerprint density at radius 3 is 2.60 bits per heavy atom. The predicted octanol–water partition coefficient (Wildman–Crippen LogP) is 2.81. The minimum absolute atomic E-state index is 0.0717. The van der Waals surface area contributed by atoms with Gasteiger partial charge in [0.1, 0.15) is 5.82 Å². The zero-order valence-corrected chi connectivity index (χ0v) is 16.9. The van der Waals surface area contributed by atoms with Gasteiger partial charge >= 0.3 is 0 Å². The molecule has 1 atom stereocenters. The van der Waals surface area contributed by atoms with Crippen LogP contribution in [0.15, 0.2) is 22.8 Å². The zero-order chi connectivity index (χ0) is 18.6. The average molecular weight is 426 g/mol. The maximum atomic E-state index is 12.3. The quantitative estimate of drug-likeness (QED) is 0.742. The van der Waals surface area contributed by atoms with E-state index < -0.39 is 6.04 Å². The number of pyridine rings is 1. The highest BCUT2D eigenvalue weighted by Gasteiger charge is 2.21. The Labute approximate surface area is 159 Å². The van der Waals surface area contributed by atoms with Gasteiger partial charge in [0, 0.05) is 15.5 Å². The second-order valence-electron chi connectivity index (χ2n) is 5.65. The van der Waals surface area contributed by atoms with Crippen LogP contribution in [-0.4, -0.2) is 46.3 Å². The van der Waals surface area contributed by atoms with E-state index in [1.807, 2.05) is 13.8 Å². The van der Waals surface area contributed by atoms with E-state index in [2.05, 4.69) is 36.5 Å². The highest BCUT2D eigenvalue weighted by Crippen LogP contribution is 2.21. The van der Waals surface area contributed by atoms with Crippen molar-refractivity contribution >= 4 is 50.0 Å². The number of thiazole rings is 1. The maximum Gasteiger partial charge on any atom is 0.243 e. The van der Waals surface area contributed by atoms with E-state index in [0.717, 1.165) is 15.0 Å². The third-order valence-corrected chi connectivity index (χ3v) is 5.14. The van der Waals surface area contributed by atoms with Gasteiger partial charge in [-0.15, -0.1) is 11.3 Å². The molecule has 2 aromatic rings. The number of carbonyl (C=O) groups excluding carboxylic acids is 2. The van der Waals surface area contributed by atoms with Crippen molar-refractivity contribution in [3.63, 3.8) is 0 Å². The van der Waals surface area contributed by atoms with Crippen LogP contribution in [0.3, 0.4) is 0 Å². The standard InChI is InChI=1S/C16H20BrN5O2S/c1-9-11(3)25-16(19-9)21-15(24)10(2)22(4)8-14(23)20-13-6-5-12(17)7-18-13/h5-7,10H,8H2,1-4H3,(H,18,20,23)(H,19,21,24). The fourth-order valence-electron chi connectivity index (χ4n) is 1.93. The van der Waals surface area contributed by atoms with E-state index in [0.29, 0.717) is 10.9 Å². The van der Waals surface area contributed by atoms with Gasteiger partial charge in [0.2, 0.25) is 11.8 Å². The van der Waals surface area contributed by atoms with E-state index in [1.54, 1.807) is 37.2 Å². The van der Waals surface area contributed by atoms with Crippen molar-refractivity contribution in [1.82, 2.24) is 14.9 Å². The lowest BCUT2D eigenvalue weighted by Gasteiger charge is -2.22. The number of halogens is 1. The Morgan fingerprint density at radius 1 is 1.32 bits per heavy atom. The lowest BCUT2D eigenvalue weighted by Crippen LogP contribution is -2.43. The SMILES string of the molecule is Cc1nc(NC(=O)C(C)N(C)CC(=O)Nc2ccc(Br)cn2)sc1C. The number of hydrogen-bond acceptors (Lipinski definition) is 6. The lowest BCUT2D eigenvalue weighted by molar-refractivity contribution is -0.122. The Morgan fingerprint density at radius 2 is 2.04 bits per heavy atom. The zero-order valence-electron chi connectivity index (χ0n) is 14.5. The summed E-state index contributed by atoms with van der Waals surface area (Å²) in [4.78, 5) is 35.5. The fraction of sp³-hybridized carbons (Fsp3) is 0.375. The largest absolute Gasteiger partial charge is 0.310 e. The van der Waals surface area contributed by atoms with Crippen LogP contribution in [0.1, 0.15) is 17.5 Å². The van der Waals surface area contributed by atoms with E-state index in [-0.39, 0.29) is 18.4 Å². The molecule has 2 rings (SSSR count). The number of hydrogen-bond donors (Lipinski definition) is 2. The molecular formula is C16H20BrN5O2S. The van der Waals surface area contributed by atoms with Gasteiger partial charge < -0.3 is 10.6 Å². The second-order valence-corrected chi connectivity index (χ2v) is 7.77. The Balaban J connectivity index is 1.87. The molecule has 2 aromatic heterocycles. The number of aryl methyl sites for hydroxylation is 2. The number of likely N-dealkylation sites (N-methyl/N-ethyl adjacent to an activating group) is 1. The van der Waals surface area contributed by atoms with E-state index in [1.165, 1.54) is 11.3 Å². The molecule has 2 amide bonds. The molecule has 0 fully saturated rings. The van der Waals surface area contributed by atoms with Crippen molar-refractivity contribution in [2.75, 3.05) is 24.2 Å². The highest BCUT2D eigenvalue weighted by atomic mass is 79.9. The van der Waals surface area contributed by atoms with Crippen LogP contribution in [0, 0.1) is 13.8 Å². The molecule has 0 aliphatic heterocycles. The summed E-state index contributed by atoms with van der Waals surface area (Å²) < 4.78 is 0.834. The van der Waals surface area contributed by atoms with Crippen LogP contribution >= 0.6 is 27.3 Å². The molecule has 9 heteroatoms. The van der Waals surface area contributed by atoms with Crippen molar-refractivity contribution in [1.29, 1.82) is 0 Å². The van der Waals surface area contributed by atoms with Gasteiger partial charge in [-0.3, -0.25) is 14.5 Å². The average Bonchev–Trinajstić information content (AvgIpc) is 2.86. The first-order valence-electron chi connectivity index (χ1n) is 7.63. The highest BCUT2D eigenvalue weighted by molar-refractivity contribution is 9.10. The van der Waals surface area contributed by atoms with Gasteiger partial charge in [0.05, 0.1) is 18.3 Å². The van der Waals surface area contributed by atoms with Crippen LogP contribution in [0.25, 0.3) is 0 Å². The molecular weight excluding hydrogens is 406 g/mol. The number of rotatable bonds is 6. The molecule has 2 N–H and O–H groups in total. The van der Waals surface area contributed by atoms with Crippen molar-refractivity contribution < 1.29 is 9.59 Å². The Kier molecular flexibility index (Phi) is 6.63. The van der Waals surface area contributed by atoms with Crippen molar-refractivity contribution in [2.24, 2.45) is 0 Å². The fourth-order valence-corrected chi connectivity index (χ4v) is 2.98. The van der Waals surface area contributed by atoms with Gasteiger partial charge in [0.25, 0.3) is 0 Å². The molecule has 0 aliphatic rings. The normalized spacial score (nSPS) is 12.1. The van der Waals surface area contributed by atoms with E-state index in [4.69, 9.17) is 0 Å². The van der Waals surface area contributed by atoms with Gasteiger partial charge in [-0.1, -0.05) is 0 Å². The summed E-state index contributed by atoms with van der Waals surface area (Å²) in [7, 11) is 1.72. The summed E-state index contributed by atoms with van der Waals surface area (Å²) >= 11 is 4.72. The van der Waals surface area contributed by atoms with Crippen LogP contribution in [-0.2, 0) is 9.59 Å². The summed E-state index contributed by atoms with van der Waals surface area (Å²) in [5.41, 5.74) is 0.905. The van der Waals surface area contributed by atoms with E-state index in [9.17, 15) is 9.59 Å². The summed E-state index contributed by atoms with van der Waals surface area (Å²) in [6, 6.07) is 3.01. The molecule has 0 aliphatic carbocycles. The molecule has 0 aromatic carbocycles. The van der Waals surface area contributed by atoms with Crippen LogP contribution in [0.5, 0.6) is 0 Å². The Bertz CT molecular complexity index is 743. The third-order valence-electron chi connectivity index (χ3n) is 3.69. The first-order valence-corrected chi connectivity index (χ1v) is 9.23. The summed E-state index contributed by atoms with van der Waals surface area (Å²) in [5, 5.41) is 6.06. The molecule has 134 valence electrons. The van der Waals surface area contributed by atoms with Gasteiger partial charge in [-0.2, -0.15) is 0 Å². The summed E-state index contributed by atoms with van der Waals surface area (Å²) in [6.45, 7) is 5.67. The van der Waals surface area contributed by atoms with Crippen LogP contribution in [0.4, 0.5) is 10.9 Å². The molecule has 7 nitrogen and oxygen atoms in total. The molecule has 0 radical (unpaired) electrons. The van der Waals surface area contributed by atoms with Crippen LogP contribution < -0.4 is 10.6 Å². The minimum Gasteiger partial charge on any atom is -0.310 e. The number of aromatic nitrogens is 2. The molecule has 1 unspecified atom stereocenters. The van der Waals surface area contributed by atoms with Crippen molar-refractivity contribution in [3.05, 3.63) is 33.4 Å². The molecule has 0 saturated heterocycles. The number of anilines is 2. The smallest absolute Gasteiger partial charge is 0.243 e. The number of amides is 2. The summed E-state index contributed by atoms with van der Waals surface area (Å²) in [6.07, 6.45) is 1.60. The number of nitrogens with zero attached hydrogens (tertiary/aromatic N) is 3. The second kappa shape index (κ2) is 8.50. The number of carbonyl (C=O) groups is 2. The van der Waals surface area contributed by atoms with E-state index >= 15 is 0 Å². The van der Waals surface area contributed by atoms with Crippen molar-refractivity contribution in [2.45, 2.75) is 26.8 Å². The topological polar surface area (TPSA) is 87.2 Å². The lowest BCUT2D eigenvalue weighted by atomic mass is 10.2. The minimum atomic E-state index is -0.479.